The predicted molar refractivity (Wildman–Crippen MR) is 63.0 cm³/mol. The Morgan fingerprint density at radius 2 is 2.12 bits per heavy atom. The van der Waals surface area contributed by atoms with Crippen molar-refractivity contribution < 1.29 is 13.3 Å². The van der Waals surface area contributed by atoms with Crippen LogP contribution in [-0.2, 0) is 10.0 Å². The minimum absolute atomic E-state index is 0.0146. The molecular weight excluding hydrogens is 246 g/mol. The van der Waals surface area contributed by atoms with Crippen molar-refractivity contribution in [3.63, 3.8) is 0 Å². The van der Waals surface area contributed by atoms with Gasteiger partial charge in [0.25, 0.3) is 5.69 Å². The number of nitrogens with one attached hydrogen (secondary N) is 1. The van der Waals surface area contributed by atoms with Gasteiger partial charge in [0.15, 0.2) is 0 Å². The molecule has 1 aromatic rings. The molecule has 1 rings (SSSR count). The molecule has 17 heavy (non-hydrogen) atoms. The second-order valence-electron chi connectivity index (χ2n) is 3.38. The molecule has 0 unspecified atom stereocenters. The third kappa shape index (κ3) is 3.14. The molecule has 0 saturated carbocycles. The second kappa shape index (κ2) is 5.11. The summed E-state index contributed by atoms with van der Waals surface area (Å²) in [6.07, 6.45) is 0.619. The minimum atomic E-state index is -3.79. The largest absolute Gasteiger partial charge is 0.398 e. The molecule has 94 valence electrons. The van der Waals surface area contributed by atoms with Crippen molar-refractivity contribution in [1.29, 1.82) is 0 Å². The fraction of sp³-hybridized carbons (Fsp3) is 0.333. The summed E-state index contributed by atoms with van der Waals surface area (Å²) < 4.78 is 25.8. The lowest BCUT2D eigenvalue weighted by Gasteiger charge is -2.07. The summed E-state index contributed by atoms with van der Waals surface area (Å²) in [6.45, 7) is 2.06. The van der Waals surface area contributed by atoms with Crippen LogP contribution in [0.5, 0.6) is 0 Å². The summed E-state index contributed by atoms with van der Waals surface area (Å²) in [7, 11) is -3.79. The molecule has 0 radical (unpaired) electrons. The number of anilines is 1. The zero-order valence-corrected chi connectivity index (χ0v) is 10.0. The van der Waals surface area contributed by atoms with Crippen molar-refractivity contribution in [3.8, 4) is 0 Å². The lowest BCUT2D eigenvalue weighted by atomic mass is 10.3. The van der Waals surface area contributed by atoms with Crippen molar-refractivity contribution in [3.05, 3.63) is 28.3 Å². The third-order valence-electron chi connectivity index (χ3n) is 2.04. The monoisotopic (exact) mass is 259 g/mol. The van der Waals surface area contributed by atoms with Gasteiger partial charge in [0, 0.05) is 18.7 Å². The predicted octanol–water partition coefficient (Wildman–Crippen LogP) is 0.865. The molecule has 0 heterocycles. The Labute approximate surface area is 98.8 Å². The lowest BCUT2D eigenvalue weighted by Crippen LogP contribution is -2.25. The van der Waals surface area contributed by atoms with Gasteiger partial charge >= 0.3 is 0 Å². The first-order valence-corrected chi connectivity index (χ1v) is 6.40. The van der Waals surface area contributed by atoms with Gasteiger partial charge in [0.05, 0.1) is 10.6 Å². The number of nitrogens with two attached hydrogens (primary N) is 1. The molecule has 0 aliphatic heterocycles. The maximum atomic E-state index is 11.8. The van der Waals surface area contributed by atoms with Crippen LogP contribution in [0.25, 0.3) is 0 Å². The standard InChI is InChI=1S/C9H13N3O4S/c1-2-5-11-17(15,16)9-6-7(12(13)14)3-4-8(9)10/h3-4,6,11H,2,5,10H2,1H3. The van der Waals surface area contributed by atoms with E-state index in [1.165, 1.54) is 6.07 Å². The van der Waals surface area contributed by atoms with E-state index in [4.69, 9.17) is 5.73 Å². The maximum absolute atomic E-state index is 11.8. The van der Waals surface area contributed by atoms with Crippen LogP contribution in [0.15, 0.2) is 23.1 Å². The summed E-state index contributed by atoms with van der Waals surface area (Å²) in [4.78, 5) is 9.62. The van der Waals surface area contributed by atoms with Crippen LogP contribution in [0, 0.1) is 10.1 Å². The molecule has 0 amide bonds. The van der Waals surface area contributed by atoms with Gasteiger partial charge in [0.1, 0.15) is 4.90 Å². The number of hydrogen-bond donors (Lipinski definition) is 2. The Morgan fingerprint density at radius 3 is 2.65 bits per heavy atom. The van der Waals surface area contributed by atoms with Gasteiger partial charge in [-0.2, -0.15) is 0 Å². The Morgan fingerprint density at radius 1 is 1.47 bits per heavy atom. The summed E-state index contributed by atoms with van der Waals surface area (Å²) in [5.41, 5.74) is 5.18. The first-order chi connectivity index (χ1) is 7.88. The summed E-state index contributed by atoms with van der Waals surface area (Å²) in [5.74, 6) is 0. The highest BCUT2D eigenvalue weighted by molar-refractivity contribution is 7.89. The number of rotatable bonds is 5. The summed E-state index contributed by atoms with van der Waals surface area (Å²) in [6, 6.07) is 3.32. The normalized spacial score (nSPS) is 11.4. The van der Waals surface area contributed by atoms with E-state index in [2.05, 4.69) is 4.72 Å². The quantitative estimate of drug-likeness (QED) is 0.462. The Kier molecular flexibility index (Phi) is 4.02. The smallest absolute Gasteiger partial charge is 0.270 e. The van der Waals surface area contributed by atoms with Crippen molar-refractivity contribution in [2.45, 2.75) is 18.2 Å². The summed E-state index contributed by atoms with van der Waals surface area (Å²) >= 11 is 0. The molecular formula is C9H13N3O4S. The number of hydrogen-bond acceptors (Lipinski definition) is 5. The number of non-ortho nitro benzene ring substituents is 1. The van der Waals surface area contributed by atoms with E-state index in [-0.39, 0.29) is 22.8 Å². The average molecular weight is 259 g/mol. The van der Waals surface area contributed by atoms with Crippen molar-refractivity contribution >= 4 is 21.4 Å². The molecule has 1 aromatic carbocycles. The molecule has 0 spiro atoms. The minimum Gasteiger partial charge on any atom is -0.398 e. The number of nitro groups is 1. The number of nitrogens with zero attached hydrogens (tertiary/aromatic N) is 1. The molecule has 0 bridgehead atoms. The van der Waals surface area contributed by atoms with Gasteiger partial charge in [-0.25, -0.2) is 13.1 Å². The summed E-state index contributed by atoms with van der Waals surface area (Å²) in [5, 5.41) is 10.6. The number of benzene rings is 1. The van der Waals surface area contributed by atoms with Crippen LogP contribution < -0.4 is 10.5 Å². The first kappa shape index (κ1) is 13.4. The van der Waals surface area contributed by atoms with E-state index >= 15 is 0 Å². The molecule has 0 aliphatic carbocycles. The fourth-order valence-electron chi connectivity index (χ4n) is 1.18. The molecule has 7 nitrogen and oxygen atoms in total. The molecule has 0 saturated heterocycles. The van der Waals surface area contributed by atoms with Gasteiger partial charge in [-0.15, -0.1) is 0 Å². The molecule has 0 atom stereocenters. The highest BCUT2D eigenvalue weighted by Crippen LogP contribution is 2.23. The Bertz CT molecular complexity index is 527. The molecule has 0 fully saturated rings. The Hall–Kier alpha value is -1.67. The van der Waals surface area contributed by atoms with E-state index in [1.807, 2.05) is 0 Å². The van der Waals surface area contributed by atoms with E-state index in [9.17, 15) is 18.5 Å². The van der Waals surface area contributed by atoms with Crippen LogP contribution >= 0.6 is 0 Å². The second-order valence-corrected chi connectivity index (χ2v) is 5.11. The van der Waals surface area contributed by atoms with E-state index in [0.29, 0.717) is 6.42 Å². The van der Waals surface area contributed by atoms with Gasteiger partial charge in [0.2, 0.25) is 10.0 Å². The van der Waals surface area contributed by atoms with E-state index in [1.54, 1.807) is 6.92 Å². The van der Waals surface area contributed by atoms with Crippen LogP contribution in [0.4, 0.5) is 11.4 Å². The van der Waals surface area contributed by atoms with Crippen LogP contribution in [-0.4, -0.2) is 19.9 Å². The van der Waals surface area contributed by atoms with Crippen LogP contribution in [0.3, 0.4) is 0 Å². The number of sulfonamides is 1. The zero-order chi connectivity index (χ0) is 13.1. The van der Waals surface area contributed by atoms with Crippen molar-refractivity contribution in [2.24, 2.45) is 0 Å². The van der Waals surface area contributed by atoms with Gasteiger partial charge in [-0.1, -0.05) is 6.92 Å². The number of nitrogen functional groups attached to an aromatic ring is 1. The number of nitro benzene ring substituents is 1. The average Bonchev–Trinajstić information content (AvgIpc) is 2.26. The van der Waals surface area contributed by atoms with Crippen LogP contribution in [0.1, 0.15) is 13.3 Å². The molecule has 3 N–H and O–H groups in total. The van der Waals surface area contributed by atoms with E-state index in [0.717, 1.165) is 12.1 Å². The van der Waals surface area contributed by atoms with Crippen molar-refractivity contribution in [1.82, 2.24) is 4.72 Å². The molecule has 0 aromatic heterocycles. The van der Waals surface area contributed by atoms with Gasteiger partial charge < -0.3 is 5.73 Å². The maximum Gasteiger partial charge on any atom is 0.270 e. The topological polar surface area (TPSA) is 115 Å². The highest BCUT2D eigenvalue weighted by atomic mass is 32.2. The third-order valence-corrected chi connectivity index (χ3v) is 3.56. The fourth-order valence-corrected chi connectivity index (χ4v) is 2.47. The van der Waals surface area contributed by atoms with E-state index < -0.39 is 14.9 Å². The Balaban J connectivity index is 3.20. The highest BCUT2D eigenvalue weighted by Gasteiger charge is 2.20. The lowest BCUT2D eigenvalue weighted by molar-refractivity contribution is -0.385. The van der Waals surface area contributed by atoms with Crippen LogP contribution in [0.2, 0.25) is 0 Å². The molecule has 0 aliphatic rings. The first-order valence-electron chi connectivity index (χ1n) is 4.92. The zero-order valence-electron chi connectivity index (χ0n) is 9.21. The van der Waals surface area contributed by atoms with Gasteiger partial charge in [-0.3, -0.25) is 10.1 Å². The SMILES string of the molecule is CCCNS(=O)(=O)c1cc([N+](=O)[O-])ccc1N. The van der Waals surface area contributed by atoms with Gasteiger partial charge in [-0.05, 0) is 12.5 Å². The molecule has 8 heteroatoms. The van der Waals surface area contributed by atoms with Crippen molar-refractivity contribution in [2.75, 3.05) is 12.3 Å².